The summed E-state index contributed by atoms with van der Waals surface area (Å²) >= 11 is 3.27. The highest BCUT2D eigenvalue weighted by molar-refractivity contribution is 9.10. The maximum absolute atomic E-state index is 13.2. The van der Waals surface area contributed by atoms with Gasteiger partial charge in [-0.15, -0.1) is 0 Å². The molecule has 2 aromatic heterocycles. The van der Waals surface area contributed by atoms with E-state index < -0.39 is 17.0 Å². The molecule has 0 radical (unpaired) electrons. The van der Waals surface area contributed by atoms with Crippen LogP contribution in [-0.2, 0) is 5.41 Å². The molecule has 0 amide bonds. The van der Waals surface area contributed by atoms with Gasteiger partial charge in [0.25, 0.3) is 0 Å². The molecule has 4 aliphatic carbocycles. The van der Waals surface area contributed by atoms with Crippen molar-refractivity contribution >= 4 is 27.1 Å². The fourth-order valence-electron chi connectivity index (χ4n) is 4.47. The number of nitrogens with zero attached hydrogens (tertiary/aromatic N) is 4. The third-order valence-corrected chi connectivity index (χ3v) is 6.17. The average Bonchev–Trinajstić information content (AvgIpc) is 3.16. The van der Waals surface area contributed by atoms with Crippen LogP contribution in [0.4, 0.5) is 13.2 Å². The van der Waals surface area contributed by atoms with Crippen molar-refractivity contribution in [1.82, 2.24) is 19.9 Å². The van der Waals surface area contributed by atoms with Gasteiger partial charge in [0, 0.05) is 11.3 Å². The van der Waals surface area contributed by atoms with Crippen LogP contribution in [0, 0.1) is 12.3 Å². The molecule has 0 spiro atoms. The lowest BCUT2D eigenvalue weighted by molar-refractivity contribution is -0.337. The highest BCUT2D eigenvalue weighted by atomic mass is 79.9. The van der Waals surface area contributed by atoms with Gasteiger partial charge in [0.05, 0.1) is 22.5 Å². The largest absolute Gasteiger partial charge is 0.394 e. The van der Waals surface area contributed by atoms with E-state index in [2.05, 4.69) is 30.9 Å². The van der Waals surface area contributed by atoms with Gasteiger partial charge in [-0.1, -0.05) is 0 Å². The summed E-state index contributed by atoms with van der Waals surface area (Å²) in [5.41, 5.74) is 1.48. The van der Waals surface area contributed by atoms with Crippen molar-refractivity contribution in [2.24, 2.45) is 5.41 Å². The minimum atomic E-state index is -4.13. The molecule has 126 valence electrons. The van der Waals surface area contributed by atoms with Gasteiger partial charge in [0.2, 0.25) is 0 Å². The Morgan fingerprint density at radius 2 is 1.71 bits per heavy atom. The van der Waals surface area contributed by atoms with Crippen LogP contribution in [0.15, 0.2) is 4.73 Å². The second-order valence-electron chi connectivity index (χ2n) is 7.57. The Morgan fingerprint density at radius 3 is 2.29 bits per heavy atom. The van der Waals surface area contributed by atoms with Crippen molar-refractivity contribution < 1.29 is 13.2 Å². The molecule has 2 aromatic rings. The Labute approximate surface area is 144 Å². The lowest BCUT2D eigenvalue weighted by atomic mass is 9.34. The predicted octanol–water partition coefficient (Wildman–Crippen LogP) is 4.35. The molecule has 0 aromatic carbocycles. The van der Waals surface area contributed by atoms with Crippen LogP contribution in [0.25, 0.3) is 11.2 Å². The molecular weight excluding hydrogens is 385 g/mol. The van der Waals surface area contributed by atoms with Gasteiger partial charge < -0.3 is 0 Å². The zero-order chi connectivity index (χ0) is 16.9. The van der Waals surface area contributed by atoms with E-state index >= 15 is 0 Å². The summed E-state index contributed by atoms with van der Waals surface area (Å²) in [6.45, 7) is 1.91. The first-order valence-electron chi connectivity index (χ1n) is 8.02. The van der Waals surface area contributed by atoms with Crippen LogP contribution in [0.3, 0.4) is 0 Å². The molecule has 4 saturated carbocycles. The van der Waals surface area contributed by atoms with Gasteiger partial charge in [-0.3, -0.25) is 0 Å². The zero-order valence-corrected chi connectivity index (χ0v) is 14.5. The molecule has 0 unspecified atom stereocenters. The molecule has 4 fully saturated rings. The van der Waals surface area contributed by atoms with E-state index in [1.807, 2.05) is 6.92 Å². The molecule has 2 heterocycles. The summed E-state index contributed by atoms with van der Waals surface area (Å²) in [6, 6.07) is 0. The van der Waals surface area contributed by atoms with Crippen LogP contribution < -0.4 is 0 Å². The first kappa shape index (κ1) is 15.0. The van der Waals surface area contributed by atoms with Crippen LogP contribution >= 0.6 is 15.9 Å². The summed E-state index contributed by atoms with van der Waals surface area (Å²) in [4.78, 5) is 18.0. The normalized spacial score (nSPS) is 31.7. The van der Waals surface area contributed by atoms with Crippen molar-refractivity contribution in [3.05, 3.63) is 21.8 Å². The monoisotopic (exact) mass is 398 g/mol. The van der Waals surface area contributed by atoms with Crippen molar-refractivity contribution in [3.63, 3.8) is 0 Å². The van der Waals surface area contributed by atoms with E-state index in [-0.39, 0.29) is 19.3 Å². The number of halogens is 4. The molecule has 24 heavy (non-hydrogen) atoms. The maximum atomic E-state index is 13.2. The molecule has 6 rings (SSSR count). The van der Waals surface area contributed by atoms with E-state index in [9.17, 15) is 13.2 Å². The number of aryl methyl sites for hydroxylation is 1. The standard InChI is InChI=1S/C16H14BrF3N4/c1-7-9(8-2-3-8)22-10-11(23-13(17)24-12(10)21-7)14-4-15(5-14,6-14)16(18,19)20/h8H,2-6H2,1H3. The number of fused-ring (bicyclic) bond motifs is 1. The Kier molecular flexibility index (Phi) is 2.66. The molecule has 4 nitrogen and oxygen atoms in total. The van der Waals surface area contributed by atoms with Gasteiger partial charge in [-0.25, -0.2) is 19.9 Å². The molecule has 0 aliphatic heterocycles. The quantitative estimate of drug-likeness (QED) is 0.705. The minimum Gasteiger partial charge on any atom is -0.245 e. The Hall–Kier alpha value is -1.31. The molecule has 0 atom stereocenters. The SMILES string of the molecule is Cc1nc2nc(Br)nc(C34CC(C(F)(F)F)(C3)C4)c2nc1C1CC1. The van der Waals surface area contributed by atoms with Crippen LogP contribution in [-0.4, -0.2) is 26.1 Å². The summed E-state index contributed by atoms with van der Waals surface area (Å²) in [7, 11) is 0. The van der Waals surface area contributed by atoms with Gasteiger partial charge in [0.1, 0.15) is 5.52 Å². The second-order valence-corrected chi connectivity index (χ2v) is 8.28. The van der Waals surface area contributed by atoms with Crippen LogP contribution in [0.2, 0.25) is 0 Å². The van der Waals surface area contributed by atoms with E-state index in [1.54, 1.807) is 0 Å². The first-order valence-corrected chi connectivity index (χ1v) is 8.81. The summed E-state index contributed by atoms with van der Waals surface area (Å²) < 4.78 is 39.9. The highest BCUT2D eigenvalue weighted by Gasteiger charge is 2.79. The van der Waals surface area contributed by atoms with Crippen LogP contribution in [0.5, 0.6) is 0 Å². The fraction of sp³-hybridized carbons (Fsp3) is 0.625. The van der Waals surface area contributed by atoms with Crippen molar-refractivity contribution in [3.8, 4) is 0 Å². The molecule has 0 saturated heterocycles. The van der Waals surface area contributed by atoms with Gasteiger partial charge in [-0.05, 0) is 55.0 Å². The molecule has 0 N–H and O–H groups in total. The molecular formula is C16H14BrF3N4. The summed E-state index contributed by atoms with van der Waals surface area (Å²) in [6.07, 6.45) is -1.62. The van der Waals surface area contributed by atoms with E-state index in [0.717, 1.165) is 24.2 Å². The topological polar surface area (TPSA) is 51.6 Å². The Morgan fingerprint density at radius 1 is 1.04 bits per heavy atom. The third-order valence-electron chi connectivity index (χ3n) is 5.81. The van der Waals surface area contributed by atoms with E-state index in [4.69, 9.17) is 4.98 Å². The van der Waals surface area contributed by atoms with Crippen molar-refractivity contribution in [1.29, 1.82) is 0 Å². The maximum Gasteiger partial charge on any atom is 0.394 e. The Balaban J connectivity index is 1.63. The fourth-order valence-corrected chi connectivity index (χ4v) is 4.81. The average molecular weight is 399 g/mol. The molecule has 4 aliphatic rings. The number of rotatable bonds is 2. The molecule has 2 bridgehead atoms. The lowest BCUT2D eigenvalue weighted by Crippen LogP contribution is -2.70. The van der Waals surface area contributed by atoms with Crippen LogP contribution in [0.1, 0.15) is 55.1 Å². The third kappa shape index (κ3) is 1.80. The predicted molar refractivity (Wildman–Crippen MR) is 83.6 cm³/mol. The number of aromatic nitrogens is 4. The second kappa shape index (κ2) is 4.26. The molecule has 8 heteroatoms. The number of hydrogen-bond acceptors (Lipinski definition) is 4. The van der Waals surface area contributed by atoms with Gasteiger partial charge in [-0.2, -0.15) is 13.2 Å². The number of hydrogen-bond donors (Lipinski definition) is 0. The lowest BCUT2D eigenvalue weighted by Gasteiger charge is -2.70. The highest BCUT2D eigenvalue weighted by Crippen LogP contribution is 2.78. The smallest absolute Gasteiger partial charge is 0.245 e. The first-order chi connectivity index (χ1) is 11.2. The Bertz CT molecular complexity index is 871. The van der Waals surface area contributed by atoms with Crippen molar-refractivity contribution in [2.75, 3.05) is 0 Å². The van der Waals surface area contributed by atoms with Gasteiger partial charge in [0.15, 0.2) is 10.4 Å². The van der Waals surface area contributed by atoms with E-state index in [0.29, 0.717) is 27.5 Å². The van der Waals surface area contributed by atoms with E-state index in [1.165, 1.54) is 0 Å². The van der Waals surface area contributed by atoms with Crippen molar-refractivity contribution in [2.45, 2.75) is 56.5 Å². The minimum absolute atomic E-state index is 0.108. The summed E-state index contributed by atoms with van der Waals surface area (Å²) in [5, 5.41) is 0. The summed E-state index contributed by atoms with van der Waals surface area (Å²) in [5.74, 6) is 0.424. The number of alkyl halides is 3. The zero-order valence-electron chi connectivity index (χ0n) is 12.9. The van der Waals surface area contributed by atoms with Gasteiger partial charge >= 0.3 is 6.18 Å².